The molecule has 7 nitrogen and oxygen atoms in total. The van der Waals surface area contributed by atoms with Gasteiger partial charge in [0.25, 0.3) is 0 Å². The maximum Gasteiger partial charge on any atom is 0.250 e. The van der Waals surface area contributed by atoms with Gasteiger partial charge in [0.1, 0.15) is 17.9 Å². The van der Waals surface area contributed by atoms with Crippen molar-refractivity contribution in [2.75, 3.05) is 24.7 Å². The van der Waals surface area contributed by atoms with Crippen LogP contribution >= 0.6 is 0 Å². The van der Waals surface area contributed by atoms with Gasteiger partial charge in [0.05, 0.1) is 24.5 Å². The summed E-state index contributed by atoms with van der Waals surface area (Å²) >= 11 is 0. The Labute approximate surface area is 175 Å². The van der Waals surface area contributed by atoms with Crippen LogP contribution in [0.3, 0.4) is 0 Å². The molecule has 7 heteroatoms. The summed E-state index contributed by atoms with van der Waals surface area (Å²) in [6.07, 6.45) is 3.47. The van der Waals surface area contributed by atoms with Gasteiger partial charge in [-0.15, -0.1) is 0 Å². The largest absolute Gasteiger partial charge is 0.486 e. The standard InChI is InChI=1S/C23H25N3O4/c27-22(16-8-11-29-12-9-16)26-15-18-13-20(26)23(28)25(14-17-5-3-4-10-24-17)19-6-1-2-7-21(19)30-18/h1-7,10,16,18,20H,8-9,11-15H2/t18-,20-/m0/s1. The Morgan fingerprint density at radius 2 is 1.90 bits per heavy atom. The number of ether oxygens (including phenoxy) is 2. The van der Waals surface area contributed by atoms with Crippen molar-refractivity contribution >= 4 is 17.5 Å². The molecule has 2 atom stereocenters. The normalized spacial score (nSPS) is 24.1. The van der Waals surface area contributed by atoms with Crippen molar-refractivity contribution in [3.63, 3.8) is 0 Å². The molecule has 5 rings (SSSR count). The summed E-state index contributed by atoms with van der Waals surface area (Å²) < 4.78 is 11.7. The molecule has 0 aliphatic carbocycles. The molecule has 0 unspecified atom stereocenters. The molecule has 1 aromatic heterocycles. The summed E-state index contributed by atoms with van der Waals surface area (Å²) in [5.41, 5.74) is 1.52. The van der Waals surface area contributed by atoms with Crippen LogP contribution in [0, 0.1) is 5.92 Å². The van der Waals surface area contributed by atoms with Crippen molar-refractivity contribution in [3.05, 3.63) is 54.4 Å². The molecule has 3 aliphatic rings. The lowest BCUT2D eigenvalue weighted by molar-refractivity contribution is -0.143. The molecule has 0 saturated carbocycles. The third-order valence-corrected chi connectivity index (χ3v) is 6.16. The quantitative estimate of drug-likeness (QED) is 0.781. The molecule has 156 valence electrons. The fraction of sp³-hybridized carbons (Fsp3) is 0.435. The molecule has 0 N–H and O–H groups in total. The Morgan fingerprint density at radius 3 is 2.70 bits per heavy atom. The summed E-state index contributed by atoms with van der Waals surface area (Å²) in [5, 5.41) is 0. The van der Waals surface area contributed by atoms with Crippen LogP contribution in [-0.2, 0) is 20.9 Å². The van der Waals surface area contributed by atoms with E-state index >= 15 is 0 Å². The van der Waals surface area contributed by atoms with Crippen LogP contribution in [0.4, 0.5) is 5.69 Å². The first-order valence-corrected chi connectivity index (χ1v) is 10.6. The maximum atomic E-state index is 13.7. The Bertz CT molecular complexity index is 929. The van der Waals surface area contributed by atoms with Gasteiger partial charge in [-0.1, -0.05) is 18.2 Å². The van der Waals surface area contributed by atoms with Gasteiger partial charge in [0.15, 0.2) is 0 Å². The summed E-state index contributed by atoms with van der Waals surface area (Å²) in [6.45, 7) is 1.97. The topological polar surface area (TPSA) is 72.0 Å². The molecule has 4 heterocycles. The highest BCUT2D eigenvalue weighted by molar-refractivity contribution is 6.01. The fourth-order valence-electron chi connectivity index (χ4n) is 4.61. The summed E-state index contributed by atoms with van der Waals surface area (Å²) in [6, 6.07) is 12.7. The van der Waals surface area contributed by atoms with E-state index in [0.717, 1.165) is 11.4 Å². The lowest BCUT2D eigenvalue weighted by atomic mass is 9.98. The predicted octanol–water partition coefficient (Wildman–Crippen LogP) is 2.40. The number of carbonyl (C=O) groups excluding carboxylic acids is 2. The Hall–Kier alpha value is -2.93. The van der Waals surface area contributed by atoms with Crippen molar-refractivity contribution in [1.82, 2.24) is 9.88 Å². The molecule has 3 aliphatic heterocycles. The van der Waals surface area contributed by atoms with Crippen LogP contribution in [0.2, 0.25) is 0 Å². The number of hydrogen-bond donors (Lipinski definition) is 0. The zero-order valence-corrected chi connectivity index (χ0v) is 16.8. The molecular formula is C23H25N3O4. The van der Waals surface area contributed by atoms with Gasteiger partial charge in [-0.2, -0.15) is 0 Å². The van der Waals surface area contributed by atoms with E-state index < -0.39 is 6.04 Å². The van der Waals surface area contributed by atoms with Crippen molar-refractivity contribution in [2.45, 2.75) is 38.0 Å². The summed E-state index contributed by atoms with van der Waals surface area (Å²) in [4.78, 5) is 34.9. The highest BCUT2D eigenvalue weighted by Crippen LogP contribution is 2.37. The minimum absolute atomic E-state index is 0.0477. The van der Waals surface area contributed by atoms with E-state index in [2.05, 4.69) is 4.98 Å². The monoisotopic (exact) mass is 407 g/mol. The lowest BCUT2D eigenvalue weighted by Gasteiger charge is -2.33. The van der Waals surface area contributed by atoms with E-state index in [-0.39, 0.29) is 23.8 Å². The number of aromatic nitrogens is 1. The maximum absolute atomic E-state index is 13.7. The summed E-state index contributed by atoms with van der Waals surface area (Å²) in [7, 11) is 0. The van der Waals surface area contributed by atoms with E-state index in [1.807, 2.05) is 42.5 Å². The molecule has 30 heavy (non-hydrogen) atoms. The number of anilines is 1. The first-order valence-electron chi connectivity index (χ1n) is 10.6. The van der Waals surface area contributed by atoms with Gasteiger partial charge in [-0.05, 0) is 37.1 Å². The number of fused-ring (bicyclic) bond motifs is 3. The number of para-hydroxylation sites is 2. The van der Waals surface area contributed by atoms with E-state index in [4.69, 9.17) is 9.47 Å². The number of rotatable bonds is 3. The van der Waals surface area contributed by atoms with Gasteiger partial charge < -0.3 is 19.3 Å². The minimum atomic E-state index is -0.512. The van der Waals surface area contributed by atoms with Crippen LogP contribution in [0.1, 0.15) is 25.0 Å². The van der Waals surface area contributed by atoms with Crippen molar-refractivity contribution < 1.29 is 19.1 Å². The number of likely N-dealkylation sites (tertiary alicyclic amines) is 1. The second-order valence-corrected chi connectivity index (χ2v) is 8.08. The predicted molar refractivity (Wildman–Crippen MR) is 110 cm³/mol. The van der Waals surface area contributed by atoms with E-state index in [1.54, 1.807) is 16.0 Å². The number of nitrogens with zero attached hydrogens (tertiary/aromatic N) is 3. The van der Waals surface area contributed by atoms with Gasteiger partial charge in [0.2, 0.25) is 11.8 Å². The van der Waals surface area contributed by atoms with Crippen LogP contribution < -0.4 is 9.64 Å². The zero-order valence-electron chi connectivity index (χ0n) is 16.8. The van der Waals surface area contributed by atoms with E-state index in [0.29, 0.717) is 51.3 Å². The van der Waals surface area contributed by atoms with E-state index in [1.165, 1.54) is 0 Å². The highest BCUT2D eigenvalue weighted by atomic mass is 16.5. The van der Waals surface area contributed by atoms with Gasteiger partial charge in [-0.3, -0.25) is 14.6 Å². The number of carbonyl (C=O) groups is 2. The van der Waals surface area contributed by atoms with Crippen LogP contribution in [0.15, 0.2) is 48.7 Å². The Morgan fingerprint density at radius 1 is 1.10 bits per heavy atom. The third-order valence-electron chi connectivity index (χ3n) is 6.16. The smallest absolute Gasteiger partial charge is 0.250 e. The van der Waals surface area contributed by atoms with Crippen LogP contribution in [0.25, 0.3) is 0 Å². The molecule has 2 saturated heterocycles. The second kappa shape index (κ2) is 8.07. The number of hydrogen-bond acceptors (Lipinski definition) is 5. The highest BCUT2D eigenvalue weighted by Gasteiger charge is 2.46. The number of benzene rings is 1. The first-order chi connectivity index (χ1) is 14.7. The van der Waals surface area contributed by atoms with Crippen molar-refractivity contribution in [3.8, 4) is 5.75 Å². The molecular weight excluding hydrogens is 382 g/mol. The lowest BCUT2D eigenvalue weighted by Crippen LogP contribution is -2.50. The molecule has 0 spiro atoms. The molecule has 1 aromatic carbocycles. The minimum Gasteiger partial charge on any atom is -0.486 e. The molecule has 0 radical (unpaired) electrons. The van der Waals surface area contributed by atoms with Crippen molar-refractivity contribution in [1.29, 1.82) is 0 Å². The first kappa shape index (κ1) is 19.1. The summed E-state index contributed by atoms with van der Waals surface area (Å²) in [5.74, 6) is 0.566. The van der Waals surface area contributed by atoms with Gasteiger partial charge in [0, 0.05) is 31.7 Å². The SMILES string of the molecule is O=C1[C@@H]2C[C@@H](CN2C(=O)C2CCOCC2)Oc2ccccc2N1Cc1ccccn1. The molecule has 2 bridgehead atoms. The number of amides is 2. The Kier molecular flexibility index (Phi) is 5.12. The van der Waals surface area contributed by atoms with E-state index in [9.17, 15) is 9.59 Å². The molecule has 2 aromatic rings. The average molecular weight is 407 g/mol. The molecule has 2 amide bonds. The fourth-order valence-corrected chi connectivity index (χ4v) is 4.61. The zero-order chi connectivity index (χ0) is 20.5. The number of pyridine rings is 1. The Balaban J connectivity index is 1.48. The van der Waals surface area contributed by atoms with Crippen LogP contribution in [-0.4, -0.2) is 53.6 Å². The van der Waals surface area contributed by atoms with Crippen molar-refractivity contribution in [2.24, 2.45) is 5.92 Å². The second-order valence-electron chi connectivity index (χ2n) is 8.08. The average Bonchev–Trinajstić information content (AvgIpc) is 3.22. The van der Waals surface area contributed by atoms with Gasteiger partial charge in [-0.25, -0.2) is 0 Å². The van der Waals surface area contributed by atoms with Gasteiger partial charge >= 0.3 is 0 Å². The van der Waals surface area contributed by atoms with Crippen LogP contribution in [0.5, 0.6) is 5.75 Å². The molecule has 2 fully saturated rings. The third kappa shape index (κ3) is 3.54.